The van der Waals surface area contributed by atoms with Crippen molar-refractivity contribution in [1.82, 2.24) is 0 Å². The first-order chi connectivity index (χ1) is 17.2. The number of hydrogen-bond acceptors (Lipinski definition) is 6. The van der Waals surface area contributed by atoms with E-state index in [0.717, 1.165) is 16.7 Å². The van der Waals surface area contributed by atoms with Crippen LogP contribution in [0.5, 0.6) is 0 Å². The molecule has 0 unspecified atom stereocenters. The summed E-state index contributed by atoms with van der Waals surface area (Å²) in [6.07, 6.45) is -2.27. The molecule has 0 saturated carbocycles. The molecule has 1 fully saturated rings. The molecule has 0 aromatic heterocycles. The van der Waals surface area contributed by atoms with Crippen LogP contribution < -0.4 is 0 Å². The Labute approximate surface area is 204 Å². The van der Waals surface area contributed by atoms with Crippen molar-refractivity contribution in [3.05, 3.63) is 118 Å². The van der Waals surface area contributed by atoms with Crippen LogP contribution in [0.4, 0.5) is 0 Å². The van der Waals surface area contributed by atoms with Crippen molar-refractivity contribution in [2.45, 2.75) is 43.9 Å². The van der Waals surface area contributed by atoms with E-state index in [1.165, 1.54) is 0 Å². The number of rotatable bonds is 11. The fourth-order valence-corrected chi connectivity index (χ4v) is 3.99. The van der Waals surface area contributed by atoms with Crippen LogP contribution in [0.15, 0.2) is 96.1 Å². The Bertz CT molecular complexity index is 1080. The number of benzene rings is 3. The van der Waals surface area contributed by atoms with Gasteiger partial charge in [0.15, 0.2) is 5.72 Å². The standard InChI is InChI=1S/C27H29N3O5/c28-30-29-27(31)20-35-24(19-32-16-21-10-4-1-5-11-21)25(33-17-22-12-6-2-7-13-22)26(27)34-18-23-14-8-3-9-15-23/h1-15,24-26,31H,16-20H2/t24-,25+,26+,27+/m0/s1. The lowest BCUT2D eigenvalue weighted by atomic mass is 9.94. The maximum Gasteiger partial charge on any atom is 0.195 e. The predicted octanol–water partition coefficient (Wildman–Crippen LogP) is 4.77. The molecule has 3 aromatic carbocycles. The van der Waals surface area contributed by atoms with Gasteiger partial charge in [0.25, 0.3) is 0 Å². The van der Waals surface area contributed by atoms with Crippen molar-refractivity contribution in [3.63, 3.8) is 0 Å². The third kappa shape index (κ3) is 6.90. The van der Waals surface area contributed by atoms with Crippen molar-refractivity contribution < 1.29 is 24.1 Å². The third-order valence-corrected chi connectivity index (χ3v) is 5.80. The lowest BCUT2D eigenvalue weighted by molar-refractivity contribution is -0.269. The normalized spacial score (nSPS) is 24.0. The van der Waals surface area contributed by atoms with Gasteiger partial charge in [-0.05, 0) is 22.2 Å². The molecule has 4 atom stereocenters. The largest absolute Gasteiger partial charge is 0.379 e. The number of nitrogens with zero attached hydrogens (tertiary/aromatic N) is 3. The van der Waals surface area contributed by atoms with Gasteiger partial charge in [0.05, 0.1) is 33.0 Å². The van der Waals surface area contributed by atoms with Crippen LogP contribution in [0.25, 0.3) is 10.4 Å². The Morgan fingerprint density at radius 3 is 1.89 bits per heavy atom. The Hall–Kier alpha value is -3.23. The van der Waals surface area contributed by atoms with E-state index in [9.17, 15) is 5.11 Å². The molecule has 0 bridgehead atoms. The molecule has 8 nitrogen and oxygen atoms in total. The monoisotopic (exact) mass is 475 g/mol. The molecule has 0 spiro atoms. The zero-order valence-electron chi connectivity index (χ0n) is 19.3. The van der Waals surface area contributed by atoms with Gasteiger partial charge < -0.3 is 24.1 Å². The van der Waals surface area contributed by atoms with E-state index in [1.54, 1.807) is 0 Å². The molecule has 182 valence electrons. The first-order valence-electron chi connectivity index (χ1n) is 11.5. The summed E-state index contributed by atoms with van der Waals surface area (Å²) < 4.78 is 24.3. The predicted molar refractivity (Wildman–Crippen MR) is 130 cm³/mol. The highest BCUT2D eigenvalue weighted by molar-refractivity contribution is 5.15. The van der Waals surface area contributed by atoms with E-state index in [2.05, 4.69) is 10.0 Å². The lowest BCUT2D eigenvalue weighted by Crippen LogP contribution is -2.62. The summed E-state index contributed by atoms with van der Waals surface area (Å²) in [5.41, 5.74) is 10.1. The molecule has 0 aliphatic carbocycles. The van der Waals surface area contributed by atoms with Crippen LogP contribution in [0, 0.1) is 0 Å². The Morgan fingerprint density at radius 1 is 0.829 bits per heavy atom. The fourth-order valence-electron chi connectivity index (χ4n) is 3.99. The highest BCUT2D eigenvalue weighted by Gasteiger charge is 2.51. The second kappa shape index (κ2) is 12.5. The summed E-state index contributed by atoms with van der Waals surface area (Å²) in [5.74, 6) is 0. The van der Waals surface area contributed by atoms with E-state index in [4.69, 9.17) is 24.5 Å². The zero-order valence-corrected chi connectivity index (χ0v) is 19.3. The topological polar surface area (TPSA) is 106 Å². The highest BCUT2D eigenvalue weighted by atomic mass is 16.6. The van der Waals surface area contributed by atoms with Gasteiger partial charge in [0.1, 0.15) is 18.3 Å². The quantitative estimate of drug-likeness (QED) is 0.244. The molecule has 1 heterocycles. The van der Waals surface area contributed by atoms with E-state index < -0.39 is 24.0 Å². The maximum atomic E-state index is 11.2. The second-order valence-corrected chi connectivity index (χ2v) is 8.40. The van der Waals surface area contributed by atoms with Gasteiger partial charge in [-0.15, -0.1) is 0 Å². The van der Waals surface area contributed by atoms with Gasteiger partial charge in [-0.3, -0.25) is 0 Å². The van der Waals surface area contributed by atoms with Crippen molar-refractivity contribution in [2.75, 3.05) is 13.2 Å². The van der Waals surface area contributed by atoms with Crippen LogP contribution in [-0.2, 0) is 38.8 Å². The molecule has 1 aliphatic rings. The molecule has 8 heteroatoms. The van der Waals surface area contributed by atoms with E-state index >= 15 is 0 Å². The van der Waals surface area contributed by atoms with Gasteiger partial charge in [0.2, 0.25) is 0 Å². The average molecular weight is 476 g/mol. The number of hydrogen-bond donors (Lipinski definition) is 1. The van der Waals surface area contributed by atoms with Crippen LogP contribution in [0.2, 0.25) is 0 Å². The summed E-state index contributed by atoms with van der Waals surface area (Å²) >= 11 is 0. The molecule has 3 aromatic rings. The third-order valence-electron chi connectivity index (χ3n) is 5.80. The maximum absolute atomic E-state index is 11.2. The zero-order chi connectivity index (χ0) is 24.3. The minimum atomic E-state index is -1.93. The Balaban J connectivity index is 1.53. The van der Waals surface area contributed by atoms with Gasteiger partial charge >= 0.3 is 0 Å². The summed E-state index contributed by atoms with van der Waals surface area (Å²) in [6.45, 7) is 0.856. The van der Waals surface area contributed by atoms with E-state index in [-0.39, 0.29) is 26.4 Å². The Morgan fingerprint density at radius 2 is 1.34 bits per heavy atom. The van der Waals surface area contributed by atoms with Crippen LogP contribution in [-0.4, -0.2) is 42.4 Å². The molecule has 4 rings (SSSR count). The van der Waals surface area contributed by atoms with Gasteiger partial charge in [0, 0.05) is 4.91 Å². The van der Waals surface area contributed by atoms with Crippen LogP contribution >= 0.6 is 0 Å². The van der Waals surface area contributed by atoms with E-state index in [1.807, 2.05) is 91.0 Å². The van der Waals surface area contributed by atoms with Crippen molar-refractivity contribution in [1.29, 1.82) is 0 Å². The molecule has 35 heavy (non-hydrogen) atoms. The van der Waals surface area contributed by atoms with Crippen LogP contribution in [0.3, 0.4) is 0 Å². The summed E-state index contributed by atoms with van der Waals surface area (Å²) in [4.78, 5) is 2.84. The molecule has 0 amide bonds. The van der Waals surface area contributed by atoms with Crippen molar-refractivity contribution in [2.24, 2.45) is 5.11 Å². The fraction of sp³-hybridized carbons (Fsp3) is 0.333. The lowest BCUT2D eigenvalue weighted by Gasteiger charge is -2.45. The summed E-state index contributed by atoms with van der Waals surface area (Å²) in [7, 11) is 0. The average Bonchev–Trinajstić information content (AvgIpc) is 2.90. The van der Waals surface area contributed by atoms with Gasteiger partial charge in [-0.2, -0.15) is 0 Å². The van der Waals surface area contributed by atoms with Gasteiger partial charge in [-0.25, -0.2) is 0 Å². The minimum absolute atomic E-state index is 0.206. The molecular weight excluding hydrogens is 446 g/mol. The SMILES string of the molecule is [N-]=[N+]=N[C@@]1(O)CO[C@@H](COCc2ccccc2)[C@@H](OCc2ccccc2)[C@H]1OCc1ccccc1. The van der Waals surface area contributed by atoms with Crippen LogP contribution in [0.1, 0.15) is 16.7 Å². The smallest absolute Gasteiger partial charge is 0.195 e. The first-order valence-corrected chi connectivity index (χ1v) is 11.5. The number of ether oxygens (including phenoxy) is 4. The number of azide groups is 1. The van der Waals surface area contributed by atoms with Crippen molar-refractivity contribution in [3.8, 4) is 0 Å². The minimum Gasteiger partial charge on any atom is -0.379 e. The molecule has 1 saturated heterocycles. The Kier molecular flexibility index (Phi) is 8.86. The first kappa shape index (κ1) is 24.9. The molecule has 0 radical (unpaired) electrons. The molecule has 1 aliphatic heterocycles. The molecular formula is C27H29N3O5. The highest BCUT2D eigenvalue weighted by Crippen LogP contribution is 2.32. The van der Waals surface area contributed by atoms with Crippen molar-refractivity contribution >= 4 is 0 Å². The summed E-state index contributed by atoms with van der Waals surface area (Å²) in [6, 6.07) is 29.1. The molecule has 1 N–H and O–H groups in total. The summed E-state index contributed by atoms with van der Waals surface area (Å²) in [5, 5.41) is 14.8. The van der Waals surface area contributed by atoms with Gasteiger partial charge in [-0.1, -0.05) is 96.1 Å². The number of aliphatic hydroxyl groups is 1. The van der Waals surface area contributed by atoms with E-state index in [0.29, 0.717) is 6.61 Å². The second-order valence-electron chi connectivity index (χ2n) is 8.40.